The second kappa shape index (κ2) is 44.4. The molecule has 0 bridgehead atoms. The van der Waals surface area contributed by atoms with Crippen molar-refractivity contribution in [1.29, 1.82) is 0 Å². The third-order valence-electron chi connectivity index (χ3n) is 11.8. The summed E-state index contributed by atoms with van der Waals surface area (Å²) in [5.41, 5.74) is 18.0. The average Bonchev–Trinajstić information content (AvgIpc) is 3.24. The van der Waals surface area contributed by atoms with Crippen LogP contribution in [-0.2, 0) is 30.2 Å². The summed E-state index contributed by atoms with van der Waals surface area (Å²) in [6, 6.07) is 0. The number of hydrogen-bond donors (Lipinski definition) is 3. The molecular weight excluding hydrogens is 765 g/mol. The molecule has 0 aliphatic rings. The zero-order valence-corrected chi connectivity index (χ0v) is 40.0. The molecule has 11 heteroatoms. The fourth-order valence-electron chi connectivity index (χ4n) is 7.94. The van der Waals surface area contributed by atoms with Crippen molar-refractivity contribution in [2.75, 3.05) is 83.1 Å². The SMILES string of the molecule is CCCCCCCCCCCCCCCCCCN(CCCCCCCCCCCCCCCCCC)C(=O)COCCOCCOCCOCCc1c(N)nc(N)nc1N. The molecular formula is C50H98N6O5. The normalized spacial score (nSPS) is 11.5. The first-order valence-electron chi connectivity index (χ1n) is 25.8. The molecule has 1 heterocycles. The summed E-state index contributed by atoms with van der Waals surface area (Å²) in [6.07, 6.45) is 43.9. The van der Waals surface area contributed by atoms with Gasteiger partial charge >= 0.3 is 0 Å². The number of carbonyl (C=O) groups excluding carboxylic acids is 1. The Labute approximate surface area is 375 Å². The van der Waals surface area contributed by atoms with Crippen molar-refractivity contribution in [2.45, 2.75) is 226 Å². The van der Waals surface area contributed by atoms with Crippen LogP contribution < -0.4 is 17.2 Å². The molecule has 11 nitrogen and oxygen atoms in total. The van der Waals surface area contributed by atoms with E-state index in [1.807, 2.05) is 0 Å². The zero-order valence-electron chi connectivity index (χ0n) is 40.0. The number of nitrogens with two attached hydrogens (primary N) is 3. The fourth-order valence-corrected chi connectivity index (χ4v) is 7.94. The van der Waals surface area contributed by atoms with Crippen LogP contribution in [0.25, 0.3) is 0 Å². The number of nitrogens with zero attached hydrogens (tertiary/aromatic N) is 3. The Hall–Kier alpha value is -2.21. The molecule has 1 amide bonds. The van der Waals surface area contributed by atoms with E-state index in [1.165, 1.54) is 193 Å². The molecule has 0 aliphatic heterocycles. The minimum atomic E-state index is 0.0637. The van der Waals surface area contributed by atoms with Gasteiger partial charge < -0.3 is 41.0 Å². The maximum Gasteiger partial charge on any atom is 0.248 e. The molecule has 358 valence electrons. The van der Waals surface area contributed by atoms with Gasteiger partial charge in [-0.3, -0.25) is 4.79 Å². The quantitative estimate of drug-likeness (QED) is 0.0538. The Kier molecular flexibility index (Phi) is 41.3. The molecule has 61 heavy (non-hydrogen) atoms. The van der Waals surface area contributed by atoms with Crippen LogP contribution in [0.2, 0.25) is 0 Å². The summed E-state index contributed by atoms with van der Waals surface area (Å²) >= 11 is 0. The number of aromatic nitrogens is 2. The zero-order chi connectivity index (χ0) is 44.1. The summed E-state index contributed by atoms with van der Waals surface area (Å²) < 4.78 is 22.6. The Balaban J connectivity index is 2.17. The van der Waals surface area contributed by atoms with E-state index in [0.29, 0.717) is 58.2 Å². The summed E-state index contributed by atoms with van der Waals surface area (Å²) in [6.45, 7) is 9.43. The molecule has 0 atom stereocenters. The molecule has 6 N–H and O–H groups in total. The molecule has 0 radical (unpaired) electrons. The summed E-state index contributed by atoms with van der Waals surface area (Å²) in [4.78, 5) is 23.2. The maximum absolute atomic E-state index is 13.2. The van der Waals surface area contributed by atoms with Crippen LogP contribution in [-0.4, -0.2) is 86.7 Å². The third kappa shape index (κ3) is 36.9. The molecule has 0 saturated heterocycles. The predicted molar refractivity (Wildman–Crippen MR) is 258 cm³/mol. The van der Waals surface area contributed by atoms with E-state index in [9.17, 15) is 4.79 Å². The highest BCUT2D eigenvalue weighted by atomic mass is 16.6. The molecule has 0 aliphatic carbocycles. The van der Waals surface area contributed by atoms with Crippen molar-refractivity contribution in [3.05, 3.63) is 5.56 Å². The minimum Gasteiger partial charge on any atom is -0.383 e. The Morgan fingerprint density at radius 1 is 0.410 bits per heavy atom. The predicted octanol–water partition coefficient (Wildman–Crippen LogP) is 12.2. The summed E-state index contributed by atoms with van der Waals surface area (Å²) in [7, 11) is 0. The molecule has 0 unspecified atom stereocenters. The van der Waals surface area contributed by atoms with Crippen LogP contribution in [0.15, 0.2) is 0 Å². The molecule has 0 saturated carbocycles. The van der Waals surface area contributed by atoms with E-state index in [-0.39, 0.29) is 30.1 Å². The molecule has 1 rings (SSSR count). The average molecular weight is 863 g/mol. The van der Waals surface area contributed by atoms with Gasteiger partial charge in [-0.15, -0.1) is 0 Å². The molecule has 0 spiro atoms. The highest BCUT2D eigenvalue weighted by molar-refractivity contribution is 5.77. The van der Waals surface area contributed by atoms with Crippen LogP contribution in [0.5, 0.6) is 0 Å². The first-order chi connectivity index (χ1) is 30.0. The van der Waals surface area contributed by atoms with Crippen molar-refractivity contribution in [1.82, 2.24) is 14.9 Å². The Morgan fingerprint density at radius 2 is 0.689 bits per heavy atom. The van der Waals surface area contributed by atoms with Crippen LogP contribution in [0.4, 0.5) is 17.6 Å². The van der Waals surface area contributed by atoms with E-state index in [4.69, 9.17) is 36.1 Å². The van der Waals surface area contributed by atoms with E-state index in [1.54, 1.807) is 0 Å². The van der Waals surface area contributed by atoms with Gasteiger partial charge in [0, 0.05) is 25.1 Å². The number of nitrogen functional groups attached to an aromatic ring is 3. The van der Waals surface area contributed by atoms with Crippen molar-refractivity contribution in [3.63, 3.8) is 0 Å². The molecule has 0 fully saturated rings. The van der Waals surface area contributed by atoms with Crippen LogP contribution in [0.3, 0.4) is 0 Å². The van der Waals surface area contributed by atoms with E-state index in [0.717, 1.165) is 25.9 Å². The first-order valence-corrected chi connectivity index (χ1v) is 25.8. The molecule has 1 aromatic rings. The number of ether oxygens (including phenoxy) is 4. The van der Waals surface area contributed by atoms with Crippen LogP contribution >= 0.6 is 0 Å². The molecule has 0 aromatic carbocycles. The number of hydrogen-bond acceptors (Lipinski definition) is 10. The minimum absolute atomic E-state index is 0.0637. The van der Waals surface area contributed by atoms with E-state index >= 15 is 0 Å². The summed E-state index contributed by atoms with van der Waals surface area (Å²) in [5.74, 6) is 0.737. The summed E-state index contributed by atoms with van der Waals surface area (Å²) in [5, 5.41) is 0. The van der Waals surface area contributed by atoms with Gasteiger partial charge in [-0.1, -0.05) is 206 Å². The van der Waals surface area contributed by atoms with Crippen LogP contribution in [0, 0.1) is 0 Å². The second-order valence-electron chi connectivity index (χ2n) is 17.5. The lowest BCUT2D eigenvalue weighted by Crippen LogP contribution is -2.36. The first kappa shape index (κ1) is 56.8. The van der Waals surface area contributed by atoms with Gasteiger partial charge in [0.2, 0.25) is 11.9 Å². The maximum atomic E-state index is 13.2. The lowest BCUT2D eigenvalue weighted by molar-refractivity contribution is -0.137. The lowest BCUT2D eigenvalue weighted by Gasteiger charge is -2.23. The fraction of sp³-hybridized carbons (Fsp3) is 0.900. The van der Waals surface area contributed by atoms with Crippen molar-refractivity contribution in [3.8, 4) is 0 Å². The number of unbranched alkanes of at least 4 members (excludes halogenated alkanes) is 30. The van der Waals surface area contributed by atoms with Gasteiger partial charge in [0.25, 0.3) is 0 Å². The lowest BCUT2D eigenvalue weighted by atomic mass is 10.0. The Bertz CT molecular complexity index is 1040. The van der Waals surface area contributed by atoms with Gasteiger partial charge in [-0.05, 0) is 12.8 Å². The second-order valence-corrected chi connectivity index (χ2v) is 17.5. The monoisotopic (exact) mass is 863 g/mol. The topological polar surface area (TPSA) is 161 Å². The largest absolute Gasteiger partial charge is 0.383 e. The Morgan fingerprint density at radius 3 is 1.02 bits per heavy atom. The van der Waals surface area contributed by atoms with Crippen molar-refractivity contribution >= 4 is 23.5 Å². The van der Waals surface area contributed by atoms with Gasteiger partial charge in [0.05, 0.1) is 46.2 Å². The third-order valence-corrected chi connectivity index (χ3v) is 11.8. The number of rotatable bonds is 48. The number of amides is 1. The highest BCUT2D eigenvalue weighted by Gasteiger charge is 2.13. The van der Waals surface area contributed by atoms with Gasteiger partial charge in [0.15, 0.2) is 0 Å². The van der Waals surface area contributed by atoms with Crippen molar-refractivity contribution in [2.24, 2.45) is 0 Å². The van der Waals surface area contributed by atoms with Crippen molar-refractivity contribution < 1.29 is 23.7 Å². The van der Waals surface area contributed by atoms with Crippen LogP contribution in [0.1, 0.15) is 225 Å². The molecule has 1 aromatic heterocycles. The highest BCUT2D eigenvalue weighted by Crippen LogP contribution is 2.18. The standard InChI is InChI=1S/C50H98N6O5/c1-3-5-7-9-11-13-15-17-19-21-23-25-27-29-31-33-36-56(37-34-32-30-28-26-24-22-20-18-16-14-12-10-8-6-4-2)47(57)45-61-44-43-60-42-41-59-40-39-58-38-35-46-48(51)54-50(53)55-49(46)52/h3-45H2,1-2H3,(H6,51,52,53,54,55). The smallest absolute Gasteiger partial charge is 0.248 e. The number of carbonyl (C=O) groups is 1. The van der Waals surface area contributed by atoms with Gasteiger partial charge in [-0.2, -0.15) is 9.97 Å². The van der Waals surface area contributed by atoms with E-state index in [2.05, 4.69) is 28.7 Å². The number of anilines is 3. The van der Waals surface area contributed by atoms with Gasteiger partial charge in [-0.25, -0.2) is 0 Å². The van der Waals surface area contributed by atoms with Gasteiger partial charge in [0.1, 0.15) is 18.2 Å². The van der Waals surface area contributed by atoms with E-state index < -0.39 is 0 Å².